The van der Waals surface area contributed by atoms with E-state index in [-0.39, 0.29) is 23.1 Å². The highest BCUT2D eigenvalue weighted by Gasteiger charge is 2.21. The van der Waals surface area contributed by atoms with Crippen molar-refractivity contribution in [3.05, 3.63) is 27.8 Å². The third-order valence-corrected chi connectivity index (χ3v) is 2.60. The fraction of sp³-hybridized carbons (Fsp3) is 0.385. The van der Waals surface area contributed by atoms with E-state index >= 15 is 0 Å². The number of nitrogens with zero attached hydrogens (tertiary/aromatic N) is 3. The molecule has 4 N–H and O–H groups in total. The molecule has 0 amide bonds. The van der Waals surface area contributed by atoms with Crippen molar-refractivity contribution in [2.24, 2.45) is 21.7 Å². The van der Waals surface area contributed by atoms with Crippen LogP contribution in [0.1, 0.15) is 25.3 Å². The summed E-state index contributed by atoms with van der Waals surface area (Å²) in [5.41, 5.74) is 10.5. The molecule has 0 saturated heterocycles. The summed E-state index contributed by atoms with van der Waals surface area (Å²) in [4.78, 5) is 10.7. The van der Waals surface area contributed by atoms with Crippen LogP contribution in [-0.4, -0.2) is 30.8 Å². The second kappa shape index (κ2) is 8.45. The molecular formula is C13H19N5O4. The van der Waals surface area contributed by atoms with E-state index in [1.54, 1.807) is 6.07 Å². The molecule has 9 heteroatoms. The smallest absolute Gasteiger partial charge is 0.315 e. The summed E-state index contributed by atoms with van der Waals surface area (Å²) >= 11 is 0. The van der Waals surface area contributed by atoms with Crippen LogP contribution in [0.3, 0.4) is 0 Å². The molecule has 0 spiro atoms. The zero-order valence-electron chi connectivity index (χ0n) is 12.5. The third-order valence-electron chi connectivity index (χ3n) is 2.60. The minimum Gasteiger partial charge on any atom is -0.493 e. The molecule has 0 bridgehead atoms. The van der Waals surface area contributed by atoms with Crippen LogP contribution in [0.15, 0.2) is 22.3 Å². The summed E-state index contributed by atoms with van der Waals surface area (Å²) in [6.07, 6.45) is 2.98. The SMILES string of the molecule is CCCCOc1c(OC)cc(/C=N\N=C(N)N)cc1[N+](=O)[O-]. The van der Waals surface area contributed by atoms with Gasteiger partial charge in [0.1, 0.15) is 0 Å². The number of rotatable bonds is 8. The molecule has 0 aromatic heterocycles. The first-order valence-corrected chi connectivity index (χ1v) is 6.60. The van der Waals surface area contributed by atoms with E-state index in [0.717, 1.165) is 12.8 Å². The molecule has 0 heterocycles. The first-order chi connectivity index (χ1) is 10.5. The van der Waals surface area contributed by atoms with Crippen molar-refractivity contribution in [2.75, 3.05) is 13.7 Å². The average Bonchev–Trinajstić information content (AvgIpc) is 2.47. The number of hydrogen-bond acceptors (Lipinski definition) is 6. The number of nitro groups is 1. The van der Waals surface area contributed by atoms with Gasteiger partial charge in [0.2, 0.25) is 11.7 Å². The van der Waals surface area contributed by atoms with Crippen molar-refractivity contribution in [3.8, 4) is 11.5 Å². The van der Waals surface area contributed by atoms with Crippen molar-refractivity contribution >= 4 is 17.9 Å². The van der Waals surface area contributed by atoms with Crippen LogP contribution in [0, 0.1) is 10.1 Å². The lowest BCUT2D eigenvalue weighted by Gasteiger charge is -2.11. The van der Waals surface area contributed by atoms with Crippen molar-refractivity contribution in [1.29, 1.82) is 0 Å². The Morgan fingerprint density at radius 3 is 2.73 bits per heavy atom. The maximum absolute atomic E-state index is 11.2. The molecule has 0 radical (unpaired) electrons. The summed E-state index contributed by atoms with van der Waals surface area (Å²) < 4.78 is 10.6. The molecule has 9 nitrogen and oxygen atoms in total. The summed E-state index contributed by atoms with van der Waals surface area (Å²) in [6, 6.07) is 2.87. The standard InChI is InChI=1S/C13H19N5O4/c1-3-4-5-22-12-10(18(19)20)6-9(7-11(12)21-2)8-16-17-13(14)15/h6-8H,3-5H2,1-2H3,(H4,14,15,17)/b16-8-. The summed E-state index contributed by atoms with van der Waals surface area (Å²) in [5.74, 6) is 0.133. The number of benzene rings is 1. The van der Waals surface area contributed by atoms with Crippen LogP contribution < -0.4 is 20.9 Å². The van der Waals surface area contributed by atoms with E-state index < -0.39 is 4.92 Å². The van der Waals surface area contributed by atoms with Crippen LogP contribution in [-0.2, 0) is 0 Å². The Labute approximate surface area is 127 Å². The molecule has 1 aromatic carbocycles. The number of nitrogens with two attached hydrogens (primary N) is 2. The van der Waals surface area contributed by atoms with Gasteiger partial charge in [-0.1, -0.05) is 13.3 Å². The van der Waals surface area contributed by atoms with Gasteiger partial charge in [-0.05, 0) is 12.5 Å². The monoisotopic (exact) mass is 309 g/mol. The van der Waals surface area contributed by atoms with Crippen LogP contribution in [0.4, 0.5) is 5.69 Å². The first kappa shape index (κ1) is 17.2. The maximum Gasteiger partial charge on any atom is 0.315 e. The second-order valence-corrected chi connectivity index (χ2v) is 4.30. The summed E-state index contributed by atoms with van der Waals surface area (Å²) in [7, 11) is 1.41. The van der Waals surface area contributed by atoms with E-state index in [4.69, 9.17) is 20.9 Å². The zero-order valence-corrected chi connectivity index (χ0v) is 12.5. The van der Waals surface area contributed by atoms with Crippen molar-refractivity contribution in [2.45, 2.75) is 19.8 Å². The number of hydrogen-bond donors (Lipinski definition) is 2. The van der Waals surface area contributed by atoms with Gasteiger partial charge in [0.05, 0.1) is 24.9 Å². The second-order valence-electron chi connectivity index (χ2n) is 4.30. The van der Waals surface area contributed by atoms with Gasteiger partial charge in [0.15, 0.2) is 5.75 Å². The number of guanidine groups is 1. The van der Waals surface area contributed by atoms with Gasteiger partial charge in [-0.25, -0.2) is 0 Å². The van der Waals surface area contributed by atoms with Crippen LogP contribution in [0.2, 0.25) is 0 Å². The van der Waals surface area contributed by atoms with E-state index in [0.29, 0.717) is 12.2 Å². The third kappa shape index (κ3) is 4.93. The van der Waals surface area contributed by atoms with E-state index in [2.05, 4.69) is 10.2 Å². The van der Waals surface area contributed by atoms with Crippen LogP contribution in [0.5, 0.6) is 11.5 Å². The molecule has 0 unspecified atom stereocenters. The molecule has 0 aliphatic rings. The van der Waals surface area contributed by atoms with Gasteiger partial charge < -0.3 is 20.9 Å². The highest BCUT2D eigenvalue weighted by molar-refractivity contribution is 5.84. The Bertz CT molecular complexity index is 582. The normalized spacial score (nSPS) is 10.5. The molecule has 22 heavy (non-hydrogen) atoms. The molecule has 1 rings (SSSR count). The molecule has 0 aliphatic carbocycles. The highest BCUT2D eigenvalue weighted by Crippen LogP contribution is 2.38. The van der Waals surface area contributed by atoms with Gasteiger partial charge in [0.25, 0.3) is 0 Å². The molecule has 0 fully saturated rings. The lowest BCUT2D eigenvalue weighted by Crippen LogP contribution is -2.21. The topological polar surface area (TPSA) is 138 Å². The van der Waals surface area contributed by atoms with Crippen molar-refractivity contribution in [1.82, 2.24) is 0 Å². The minimum atomic E-state index is -0.540. The number of ether oxygens (including phenoxy) is 2. The van der Waals surface area contributed by atoms with Gasteiger partial charge in [-0.3, -0.25) is 10.1 Å². The highest BCUT2D eigenvalue weighted by atomic mass is 16.6. The molecule has 0 aliphatic heterocycles. The molecule has 0 saturated carbocycles. The van der Waals surface area contributed by atoms with Crippen molar-refractivity contribution < 1.29 is 14.4 Å². The first-order valence-electron chi connectivity index (χ1n) is 6.60. The molecule has 1 aromatic rings. The predicted molar refractivity (Wildman–Crippen MR) is 83.5 cm³/mol. The maximum atomic E-state index is 11.2. The zero-order chi connectivity index (χ0) is 16.5. The van der Waals surface area contributed by atoms with E-state index in [1.807, 2.05) is 6.92 Å². The number of methoxy groups -OCH3 is 1. The van der Waals surface area contributed by atoms with Gasteiger partial charge in [-0.15, -0.1) is 5.10 Å². The molecule has 0 atom stereocenters. The average molecular weight is 309 g/mol. The molecule has 120 valence electrons. The Morgan fingerprint density at radius 1 is 1.45 bits per heavy atom. The van der Waals surface area contributed by atoms with E-state index in [1.165, 1.54) is 19.4 Å². The van der Waals surface area contributed by atoms with Crippen LogP contribution >= 0.6 is 0 Å². The lowest BCUT2D eigenvalue weighted by atomic mass is 10.2. The summed E-state index contributed by atoms with van der Waals surface area (Å²) in [6.45, 7) is 2.37. The Kier molecular flexibility index (Phi) is 6.61. The lowest BCUT2D eigenvalue weighted by molar-refractivity contribution is -0.386. The Balaban J connectivity index is 3.19. The van der Waals surface area contributed by atoms with Gasteiger partial charge in [0, 0.05) is 11.6 Å². The number of unbranched alkanes of at least 4 members (excludes halogenated alkanes) is 1. The Hall–Kier alpha value is -2.84. The van der Waals surface area contributed by atoms with Gasteiger partial charge in [-0.2, -0.15) is 5.10 Å². The van der Waals surface area contributed by atoms with Crippen molar-refractivity contribution in [3.63, 3.8) is 0 Å². The quantitative estimate of drug-likeness (QED) is 0.244. The molecular weight excluding hydrogens is 290 g/mol. The fourth-order valence-corrected chi connectivity index (χ4v) is 1.60. The fourth-order valence-electron chi connectivity index (χ4n) is 1.60. The predicted octanol–water partition coefficient (Wildman–Crippen LogP) is 1.39. The van der Waals surface area contributed by atoms with E-state index in [9.17, 15) is 10.1 Å². The van der Waals surface area contributed by atoms with Gasteiger partial charge >= 0.3 is 5.69 Å². The Morgan fingerprint density at radius 2 is 2.18 bits per heavy atom. The van der Waals surface area contributed by atoms with Crippen LogP contribution in [0.25, 0.3) is 0 Å². The summed E-state index contributed by atoms with van der Waals surface area (Å²) in [5, 5.41) is 18.3. The largest absolute Gasteiger partial charge is 0.493 e. The minimum absolute atomic E-state index is 0.0972. The number of nitro benzene ring substituents is 1.